The number of hydrogen-bond donors (Lipinski definition) is 2. The van der Waals surface area contributed by atoms with E-state index in [0.717, 1.165) is 20.1 Å². The van der Waals surface area contributed by atoms with E-state index >= 15 is 0 Å². The van der Waals surface area contributed by atoms with Gasteiger partial charge in [-0.05, 0) is 23.7 Å². The highest BCUT2D eigenvalue weighted by Crippen LogP contribution is 2.34. The largest absolute Gasteiger partial charge is 0.391 e. The number of rotatable bonds is 15. The van der Waals surface area contributed by atoms with E-state index in [1.165, 1.54) is 13.1 Å². The monoisotopic (exact) mass is 471 g/mol. The van der Waals surface area contributed by atoms with Crippen molar-refractivity contribution in [2.75, 3.05) is 26.4 Å². The molecule has 0 radical (unpaired) electrons. The van der Waals surface area contributed by atoms with Crippen LogP contribution in [0.1, 0.15) is 47.5 Å². The zero-order valence-electron chi connectivity index (χ0n) is 20.9. The number of aliphatic hydroxyl groups excluding tert-OH is 2. The van der Waals surface area contributed by atoms with Crippen molar-refractivity contribution in [3.63, 3.8) is 0 Å². The maximum absolute atomic E-state index is 12.5. The van der Waals surface area contributed by atoms with Gasteiger partial charge in [-0.2, -0.15) is 0 Å². The molecule has 1 aromatic rings. The quantitative estimate of drug-likeness (QED) is 0.357. The second-order valence-electron chi connectivity index (χ2n) is 10.2. The maximum atomic E-state index is 12.5. The standard InChI is InChI=1S/C23H41N3O7/c1-8-10-25-19(29)24(7)20(30)26(21(25)31)11-18(28)13-33-16-23(5,6)14-22(3,4)15-32-12-17(27)9-2/h8,17-18,27-28H,1,9-16H2,2-7H3. The lowest BCUT2D eigenvalue weighted by molar-refractivity contribution is -0.0373. The van der Waals surface area contributed by atoms with Gasteiger partial charge in [0.25, 0.3) is 0 Å². The first-order valence-electron chi connectivity index (χ1n) is 11.3. The summed E-state index contributed by atoms with van der Waals surface area (Å²) in [6, 6.07) is 0. The molecule has 2 N–H and O–H groups in total. The molecule has 0 aliphatic carbocycles. The molecule has 0 aromatic carbocycles. The topological polar surface area (TPSA) is 125 Å². The average Bonchev–Trinajstić information content (AvgIpc) is 2.71. The minimum atomic E-state index is -1.10. The lowest BCUT2D eigenvalue weighted by atomic mass is 9.76. The van der Waals surface area contributed by atoms with Crippen molar-refractivity contribution in [3.8, 4) is 0 Å². The van der Waals surface area contributed by atoms with E-state index in [-0.39, 0.29) is 30.5 Å². The van der Waals surface area contributed by atoms with Crippen molar-refractivity contribution in [3.05, 3.63) is 44.1 Å². The molecular weight excluding hydrogens is 430 g/mol. The van der Waals surface area contributed by atoms with Crippen molar-refractivity contribution >= 4 is 0 Å². The SMILES string of the molecule is C=CCn1c(=O)n(C)c(=O)n(CC(O)COCC(C)(C)CC(C)(C)COCC(O)CC)c1=O. The molecule has 0 saturated carbocycles. The van der Waals surface area contributed by atoms with E-state index in [9.17, 15) is 24.6 Å². The molecule has 2 atom stereocenters. The Bertz CT molecular complexity index is 943. The molecule has 1 aromatic heterocycles. The highest BCUT2D eigenvalue weighted by atomic mass is 16.5. The number of nitrogens with zero attached hydrogens (tertiary/aromatic N) is 3. The van der Waals surface area contributed by atoms with Crippen LogP contribution in [-0.4, -0.2) is 62.5 Å². The van der Waals surface area contributed by atoms with E-state index in [2.05, 4.69) is 20.4 Å². The second-order valence-corrected chi connectivity index (χ2v) is 10.2. The van der Waals surface area contributed by atoms with Gasteiger partial charge < -0.3 is 19.7 Å². The molecule has 2 unspecified atom stereocenters. The average molecular weight is 472 g/mol. The molecule has 0 bridgehead atoms. The Labute approximate surface area is 195 Å². The van der Waals surface area contributed by atoms with Gasteiger partial charge in [-0.1, -0.05) is 40.7 Å². The molecule has 10 nitrogen and oxygen atoms in total. The van der Waals surface area contributed by atoms with Gasteiger partial charge in [0.2, 0.25) is 0 Å². The highest BCUT2D eigenvalue weighted by molar-refractivity contribution is 4.82. The maximum Gasteiger partial charge on any atom is 0.336 e. The van der Waals surface area contributed by atoms with Gasteiger partial charge in [-0.25, -0.2) is 28.1 Å². The minimum Gasteiger partial charge on any atom is -0.391 e. The van der Waals surface area contributed by atoms with Gasteiger partial charge in [0.05, 0.1) is 51.7 Å². The Hall–Kier alpha value is -2.01. The summed E-state index contributed by atoms with van der Waals surface area (Å²) in [7, 11) is 1.28. The predicted molar refractivity (Wildman–Crippen MR) is 127 cm³/mol. The molecular formula is C23H41N3O7. The lowest BCUT2D eigenvalue weighted by Gasteiger charge is -2.35. The molecule has 0 saturated heterocycles. The van der Waals surface area contributed by atoms with Crippen LogP contribution >= 0.6 is 0 Å². The summed E-state index contributed by atoms with van der Waals surface area (Å²) in [5.74, 6) is 0. The highest BCUT2D eigenvalue weighted by Gasteiger charge is 2.30. The number of ether oxygens (including phenoxy) is 2. The van der Waals surface area contributed by atoms with Crippen LogP contribution in [-0.2, 0) is 29.6 Å². The number of aliphatic hydroxyl groups is 2. The third kappa shape index (κ3) is 9.04. The molecule has 190 valence electrons. The fourth-order valence-electron chi connectivity index (χ4n) is 3.92. The predicted octanol–water partition coefficient (Wildman–Crippen LogP) is 0.502. The smallest absolute Gasteiger partial charge is 0.336 e. The number of allylic oxidation sites excluding steroid dienone is 1. The van der Waals surface area contributed by atoms with Gasteiger partial charge in [0.15, 0.2) is 0 Å². The Morgan fingerprint density at radius 2 is 1.39 bits per heavy atom. The van der Waals surface area contributed by atoms with Crippen LogP contribution in [0.15, 0.2) is 27.0 Å². The number of hydrogen-bond acceptors (Lipinski definition) is 7. The summed E-state index contributed by atoms with van der Waals surface area (Å²) in [5.41, 5.74) is -2.68. The first-order chi connectivity index (χ1) is 15.2. The van der Waals surface area contributed by atoms with Crippen LogP contribution in [0.2, 0.25) is 0 Å². The first-order valence-corrected chi connectivity index (χ1v) is 11.3. The summed E-state index contributed by atoms with van der Waals surface area (Å²) in [6.45, 7) is 14.5. The zero-order valence-corrected chi connectivity index (χ0v) is 20.9. The van der Waals surface area contributed by atoms with Crippen LogP contribution in [0.4, 0.5) is 0 Å². The summed E-state index contributed by atoms with van der Waals surface area (Å²) >= 11 is 0. The van der Waals surface area contributed by atoms with E-state index < -0.39 is 29.3 Å². The summed E-state index contributed by atoms with van der Waals surface area (Å²) in [6.07, 6.45) is 1.25. The third-order valence-electron chi connectivity index (χ3n) is 5.24. The van der Waals surface area contributed by atoms with E-state index in [1.807, 2.05) is 20.8 Å². The van der Waals surface area contributed by atoms with Crippen LogP contribution in [0.3, 0.4) is 0 Å². The van der Waals surface area contributed by atoms with E-state index in [1.54, 1.807) is 0 Å². The Balaban J connectivity index is 2.69. The molecule has 0 aliphatic heterocycles. The van der Waals surface area contributed by atoms with Crippen molar-refractivity contribution in [1.82, 2.24) is 13.7 Å². The molecule has 33 heavy (non-hydrogen) atoms. The van der Waals surface area contributed by atoms with Gasteiger partial charge in [0.1, 0.15) is 0 Å². The van der Waals surface area contributed by atoms with E-state index in [4.69, 9.17) is 9.47 Å². The fourth-order valence-corrected chi connectivity index (χ4v) is 3.92. The molecule has 0 amide bonds. The second kappa shape index (κ2) is 12.5. The Morgan fingerprint density at radius 1 is 0.909 bits per heavy atom. The van der Waals surface area contributed by atoms with Crippen molar-refractivity contribution < 1.29 is 19.7 Å². The molecule has 0 spiro atoms. The van der Waals surface area contributed by atoms with Crippen molar-refractivity contribution in [2.24, 2.45) is 17.9 Å². The van der Waals surface area contributed by atoms with Crippen LogP contribution in [0.5, 0.6) is 0 Å². The van der Waals surface area contributed by atoms with Crippen LogP contribution < -0.4 is 17.1 Å². The van der Waals surface area contributed by atoms with Gasteiger partial charge in [0, 0.05) is 7.05 Å². The number of aromatic nitrogens is 3. The lowest BCUT2D eigenvalue weighted by Crippen LogP contribution is -2.54. The molecule has 0 fully saturated rings. The third-order valence-corrected chi connectivity index (χ3v) is 5.24. The summed E-state index contributed by atoms with van der Waals surface area (Å²) in [5, 5.41) is 20.0. The molecule has 1 heterocycles. The fraction of sp³-hybridized carbons (Fsp3) is 0.783. The van der Waals surface area contributed by atoms with Crippen molar-refractivity contribution in [2.45, 2.75) is 72.8 Å². The summed E-state index contributed by atoms with van der Waals surface area (Å²) in [4.78, 5) is 37.0. The Morgan fingerprint density at radius 3 is 1.88 bits per heavy atom. The normalized spacial score (nSPS) is 14.3. The minimum absolute atomic E-state index is 0.0382. The molecule has 1 rings (SSSR count). The van der Waals surface area contributed by atoms with Crippen LogP contribution in [0, 0.1) is 10.8 Å². The summed E-state index contributed by atoms with van der Waals surface area (Å²) < 4.78 is 13.9. The van der Waals surface area contributed by atoms with Crippen molar-refractivity contribution in [1.29, 1.82) is 0 Å². The van der Waals surface area contributed by atoms with Gasteiger partial charge in [-0.15, -0.1) is 6.58 Å². The zero-order chi connectivity index (χ0) is 25.4. The van der Waals surface area contributed by atoms with Crippen LogP contribution in [0.25, 0.3) is 0 Å². The molecule has 0 aliphatic rings. The van der Waals surface area contributed by atoms with Gasteiger partial charge in [-0.3, -0.25) is 0 Å². The first kappa shape index (κ1) is 29.0. The molecule has 10 heteroatoms. The Kier molecular flexibility index (Phi) is 11.0. The van der Waals surface area contributed by atoms with Gasteiger partial charge >= 0.3 is 17.1 Å². The van der Waals surface area contributed by atoms with E-state index in [0.29, 0.717) is 26.2 Å².